The van der Waals surface area contributed by atoms with Crippen molar-refractivity contribution in [2.24, 2.45) is 5.73 Å². The van der Waals surface area contributed by atoms with Crippen molar-refractivity contribution in [2.75, 3.05) is 7.11 Å². The van der Waals surface area contributed by atoms with Crippen LogP contribution >= 0.6 is 0 Å². The molecule has 0 fully saturated rings. The average molecular weight is 245 g/mol. The largest absolute Gasteiger partial charge is 0.494 e. The molecule has 6 heteroatoms. The van der Waals surface area contributed by atoms with Crippen molar-refractivity contribution in [2.45, 2.75) is 18.9 Å². The second-order valence-electron chi connectivity index (χ2n) is 3.52. The van der Waals surface area contributed by atoms with Crippen LogP contribution in [0.15, 0.2) is 12.1 Å². The number of hydrogen-bond acceptors (Lipinski definition) is 3. The van der Waals surface area contributed by atoms with Gasteiger partial charge in [-0.1, -0.05) is 6.07 Å². The number of halogens is 2. The number of carboxylic acid groups (broad SMARTS) is 1. The lowest BCUT2D eigenvalue weighted by Crippen LogP contribution is -2.15. The summed E-state index contributed by atoms with van der Waals surface area (Å²) >= 11 is 0. The van der Waals surface area contributed by atoms with Crippen LogP contribution in [0.2, 0.25) is 0 Å². The number of carboxylic acids is 1. The fourth-order valence-corrected chi connectivity index (χ4v) is 1.43. The summed E-state index contributed by atoms with van der Waals surface area (Å²) in [6.45, 7) is 0. The standard InChI is InChI=1S/C11H13F2NO3/c1-17-8-4-2-6(10(12)11(8)13)7(14)3-5-9(15)16/h2,4,7H,3,5,14H2,1H3,(H,15,16). The van der Waals surface area contributed by atoms with Gasteiger partial charge in [0.25, 0.3) is 0 Å². The van der Waals surface area contributed by atoms with Crippen LogP contribution in [0.5, 0.6) is 5.75 Å². The Hall–Kier alpha value is -1.69. The van der Waals surface area contributed by atoms with Crippen molar-refractivity contribution < 1.29 is 23.4 Å². The molecule has 0 aliphatic carbocycles. The normalized spacial score (nSPS) is 12.2. The lowest BCUT2D eigenvalue weighted by molar-refractivity contribution is -0.137. The zero-order valence-electron chi connectivity index (χ0n) is 9.24. The minimum atomic E-state index is -1.12. The Kier molecular flexibility index (Phi) is 4.39. The summed E-state index contributed by atoms with van der Waals surface area (Å²) in [5.74, 6) is -3.45. The Balaban J connectivity index is 2.91. The highest BCUT2D eigenvalue weighted by Gasteiger charge is 2.19. The van der Waals surface area contributed by atoms with E-state index in [1.807, 2.05) is 0 Å². The number of nitrogens with two attached hydrogens (primary N) is 1. The van der Waals surface area contributed by atoms with Crippen LogP contribution in [0.3, 0.4) is 0 Å². The van der Waals surface area contributed by atoms with E-state index in [1.165, 1.54) is 19.2 Å². The van der Waals surface area contributed by atoms with Gasteiger partial charge >= 0.3 is 5.97 Å². The summed E-state index contributed by atoms with van der Waals surface area (Å²) in [5.41, 5.74) is 5.54. The molecule has 1 unspecified atom stereocenters. The molecule has 94 valence electrons. The van der Waals surface area contributed by atoms with E-state index >= 15 is 0 Å². The summed E-state index contributed by atoms with van der Waals surface area (Å²) in [6, 6.07) is 1.70. The number of ether oxygens (including phenoxy) is 1. The molecule has 1 aromatic rings. The highest BCUT2D eigenvalue weighted by molar-refractivity contribution is 5.66. The molecule has 0 aromatic heterocycles. The average Bonchev–Trinajstić information content (AvgIpc) is 2.29. The van der Waals surface area contributed by atoms with E-state index in [9.17, 15) is 13.6 Å². The number of hydrogen-bond donors (Lipinski definition) is 2. The van der Waals surface area contributed by atoms with Crippen molar-refractivity contribution in [1.82, 2.24) is 0 Å². The van der Waals surface area contributed by atoms with Crippen LogP contribution in [0.1, 0.15) is 24.4 Å². The molecule has 0 spiro atoms. The third kappa shape index (κ3) is 3.13. The van der Waals surface area contributed by atoms with Crippen LogP contribution in [0.4, 0.5) is 8.78 Å². The van der Waals surface area contributed by atoms with Crippen molar-refractivity contribution in [3.05, 3.63) is 29.3 Å². The molecule has 4 nitrogen and oxygen atoms in total. The van der Waals surface area contributed by atoms with Gasteiger partial charge in [-0.2, -0.15) is 4.39 Å². The first kappa shape index (κ1) is 13.4. The SMILES string of the molecule is COc1ccc(C(N)CCC(=O)O)c(F)c1F. The van der Waals surface area contributed by atoms with Crippen LogP contribution in [-0.2, 0) is 4.79 Å². The van der Waals surface area contributed by atoms with Gasteiger partial charge in [0.1, 0.15) is 0 Å². The summed E-state index contributed by atoms with van der Waals surface area (Å²) in [4.78, 5) is 10.3. The fourth-order valence-electron chi connectivity index (χ4n) is 1.43. The molecule has 1 atom stereocenters. The van der Waals surface area contributed by atoms with Gasteiger partial charge in [-0.15, -0.1) is 0 Å². The molecule has 0 radical (unpaired) electrons. The van der Waals surface area contributed by atoms with Crippen LogP contribution in [-0.4, -0.2) is 18.2 Å². The van der Waals surface area contributed by atoms with Crippen LogP contribution in [0.25, 0.3) is 0 Å². The van der Waals surface area contributed by atoms with Gasteiger partial charge < -0.3 is 15.6 Å². The molecule has 0 saturated heterocycles. The van der Waals surface area contributed by atoms with Crippen molar-refractivity contribution in [3.63, 3.8) is 0 Å². The van der Waals surface area contributed by atoms with Crippen molar-refractivity contribution in [1.29, 1.82) is 0 Å². The highest BCUT2D eigenvalue weighted by Crippen LogP contribution is 2.27. The maximum atomic E-state index is 13.5. The first-order valence-electron chi connectivity index (χ1n) is 4.96. The molecule has 1 rings (SSSR count). The van der Waals surface area contributed by atoms with E-state index in [-0.39, 0.29) is 24.2 Å². The third-order valence-electron chi connectivity index (χ3n) is 2.37. The lowest BCUT2D eigenvalue weighted by atomic mass is 10.0. The van der Waals surface area contributed by atoms with Gasteiger partial charge in [-0.05, 0) is 12.5 Å². The van der Waals surface area contributed by atoms with E-state index in [1.54, 1.807) is 0 Å². The van der Waals surface area contributed by atoms with Crippen LogP contribution < -0.4 is 10.5 Å². The quantitative estimate of drug-likeness (QED) is 0.830. The van der Waals surface area contributed by atoms with E-state index < -0.39 is 23.6 Å². The summed E-state index contributed by atoms with van der Waals surface area (Å²) in [6.07, 6.45) is -0.160. The summed E-state index contributed by atoms with van der Waals surface area (Å²) in [5, 5.41) is 8.47. The minimum absolute atomic E-state index is 0.0397. The van der Waals surface area contributed by atoms with E-state index in [4.69, 9.17) is 10.8 Å². The second kappa shape index (κ2) is 5.58. The predicted octanol–water partition coefficient (Wildman–Crippen LogP) is 1.84. The van der Waals surface area contributed by atoms with Crippen molar-refractivity contribution in [3.8, 4) is 5.75 Å². The molecule has 0 bridgehead atoms. The zero-order chi connectivity index (χ0) is 13.0. The summed E-state index contributed by atoms with van der Waals surface area (Å²) < 4.78 is 31.5. The van der Waals surface area contributed by atoms with Crippen molar-refractivity contribution >= 4 is 5.97 Å². The van der Waals surface area contributed by atoms with E-state index in [2.05, 4.69) is 4.74 Å². The third-order valence-corrected chi connectivity index (χ3v) is 2.37. The van der Waals surface area contributed by atoms with Crippen LogP contribution in [0, 0.1) is 11.6 Å². The molecule has 0 heterocycles. The number of carbonyl (C=O) groups is 1. The molecule has 0 saturated carbocycles. The van der Waals surface area contributed by atoms with Gasteiger partial charge in [-0.25, -0.2) is 4.39 Å². The first-order valence-corrected chi connectivity index (χ1v) is 4.96. The van der Waals surface area contributed by atoms with Gasteiger partial charge in [0.2, 0.25) is 5.82 Å². The number of aliphatic carboxylic acids is 1. The molecule has 17 heavy (non-hydrogen) atoms. The van der Waals surface area contributed by atoms with Gasteiger partial charge in [-0.3, -0.25) is 4.79 Å². The van der Waals surface area contributed by atoms with Gasteiger partial charge in [0.15, 0.2) is 11.6 Å². The van der Waals surface area contributed by atoms with Gasteiger partial charge in [0.05, 0.1) is 7.11 Å². The minimum Gasteiger partial charge on any atom is -0.494 e. The molecule has 0 amide bonds. The monoisotopic (exact) mass is 245 g/mol. The summed E-state index contributed by atoms with van der Waals surface area (Å²) in [7, 11) is 1.22. The fraction of sp³-hybridized carbons (Fsp3) is 0.364. The maximum absolute atomic E-state index is 13.5. The highest BCUT2D eigenvalue weighted by atomic mass is 19.2. The molecule has 0 aliphatic heterocycles. The molecule has 3 N–H and O–H groups in total. The van der Waals surface area contributed by atoms with Gasteiger partial charge in [0, 0.05) is 18.0 Å². The van der Waals surface area contributed by atoms with E-state index in [0.717, 1.165) is 0 Å². The Morgan fingerprint density at radius 2 is 2.12 bits per heavy atom. The Morgan fingerprint density at radius 3 is 2.65 bits per heavy atom. The first-order chi connectivity index (χ1) is 7.97. The second-order valence-corrected chi connectivity index (χ2v) is 3.52. The molecule has 1 aromatic carbocycles. The topological polar surface area (TPSA) is 72.5 Å². The number of benzene rings is 1. The molecular weight excluding hydrogens is 232 g/mol. The Bertz CT molecular complexity index is 423. The van der Waals surface area contributed by atoms with E-state index in [0.29, 0.717) is 0 Å². The Morgan fingerprint density at radius 1 is 1.47 bits per heavy atom. The zero-order valence-corrected chi connectivity index (χ0v) is 9.24. The maximum Gasteiger partial charge on any atom is 0.303 e. The smallest absolute Gasteiger partial charge is 0.303 e. The molecule has 0 aliphatic rings. The Labute approximate surface area is 97.0 Å². The molecular formula is C11H13F2NO3. The number of methoxy groups -OCH3 is 1. The lowest BCUT2D eigenvalue weighted by Gasteiger charge is -2.13. The number of rotatable bonds is 5. The predicted molar refractivity (Wildman–Crippen MR) is 56.7 cm³/mol.